The van der Waals surface area contributed by atoms with E-state index in [4.69, 9.17) is 15.0 Å². The first-order valence-corrected chi connectivity index (χ1v) is 6.80. The van der Waals surface area contributed by atoms with Gasteiger partial charge in [-0.25, -0.2) is 4.79 Å². The van der Waals surface area contributed by atoms with Crippen molar-refractivity contribution in [3.05, 3.63) is 55.2 Å². The van der Waals surface area contributed by atoms with Gasteiger partial charge in [-0.3, -0.25) is 14.3 Å². The van der Waals surface area contributed by atoms with Gasteiger partial charge in [0.15, 0.2) is 5.79 Å². The minimum atomic E-state index is -0.796. The first-order valence-electron chi connectivity index (χ1n) is 6.80. The van der Waals surface area contributed by atoms with Crippen LogP contribution in [0.15, 0.2) is 38.6 Å². The van der Waals surface area contributed by atoms with E-state index < -0.39 is 29.2 Å². The molecule has 2 heterocycles. The molecule has 1 aliphatic carbocycles. The summed E-state index contributed by atoms with van der Waals surface area (Å²) >= 11 is 0. The van der Waals surface area contributed by atoms with Gasteiger partial charge in [-0.1, -0.05) is 11.2 Å². The molecule has 0 radical (unpaired) electrons. The second-order valence-electron chi connectivity index (χ2n) is 5.66. The Kier molecular flexibility index (Phi) is 3.40. The summed E-state index contributed by atoms with van der Waals surface area (Å²) in [6.07, 6.45) is 2.41. The van der Waals surface area contributed by atoms with Gasteiger partial charge in [0.25, 0.3) is 5.56 Å². The lowest BCUT2D eigenvalue weighted by molar-refractivity contribution is -0.148. The van der Waals surface area contributed by atoms with Crippen LogP contribution in [0.3, 0.4) is 0 Å². The number of hydrogen-bond acceptors (Lipinski definition) is 5. The number of rotatable bonds is 3. The number of aromatic nitrogens is 2. The Morgan fingerprint density at radius 2 is 2.23 bits per heavy atom. The molecule has 1 N–H and O–H groups in total. The molecule has 1 aromatic rings. The standard InChI is InChI=1S/C13H15N5O4/c1-13(2)21-10-7(6-15-17-14)5-8(11(10)22-13)18-4-3-9(19)16-12(18)20/h3-5,8,10-11H,6H2,1-2H3,(H,16,19,20)/t8-,10+,11?/m1/s1. The van der Waals surface area contributed by atoms with Crippen LogP contribution in [-0.4, -0.2) is 34.1 Å². The van der Waals surface area contributed by atoms with E-state index in [9.17, 15) is 9.59 Å². The number of aromatic amines is 1. The van der Waals surface area contributed by atoms with Gasteiger partial charge in [0.2, 0.25) is 0 Å². The number of hydrogen-bond donors (Lipinski definition) is 1. The van der Waals surface area contributed by atoms with Crippen molar-refractivity contribution in [1.29, 1.82) is 0 Å². The fourth-order valence-electron chi connectivity index (χ4n) is 2.89. The van der Waals surface area contributed by atoms with Crippen LogP contribution in [-0.2, 0) is 9.47 Å². The molecular weight excluding hydrogens is 290 g/mol. The third kappa shape index (κ3) is 2.45. The average Bonchev–Trinajstić information content (AvgIpc) is 2.91. The Balaban J connectivity index is 2.02. The number of nitrogens with one attached hydrogen (secondary N) is 1. The van der Waals surface area contributed by atoms with Crippen LogP contribution in [0.25, 0.3) is 10.4 Å². The van der Waals surface area contributed by atoms with Crippen molar-refractivity contribution < 1.29 is 9.47 Å². The number of nitrogens with zero attached hydrogens (tertiary/aromatic N) is 4. The smallest absolute Gasteiger partial charge is 0.328 e. The number of ether oxygens (including phenoxy) is 2. The van der Waals surface area contributed by atoms with Crippen LogP contribution in [0.1, 0.15) is 19.9 Å². The van der Waals surface area contributed by atoms with Gasteiger partial charge < -0.3 is 9.47 Å². The average molecular weight is 305 g/mol. The Morgan fingerprint density at radius 3 is 2.91 bits per heavy atom. The normalized spacial score (nSPS) is 28.8. The minimum absolute atomic E-state index is 0.145. The second kappa shape index (κ2) is 5.13. The summed E-state index contributed by atoms with van der Waals surface area (Å²) in [6, 6.07) is 0.844. The van der Waals surface area contributed by atoms with E-state index in [1.54, 1.807) is 19.9 Å². The molecule has 22 heavy (non-hydrogen) atoms. The molecule has 1 saturated heterocycles. The third-order valence-electron chi connectivity index (χ3n) is 3.70. The van der Waals surface area contributed by atoms with E-state index in [0.717, 1.165) is 5.57 Å². The van der Waals surface area contributed by atoms with E-state index in [2.05, 4.69) is 15.0 Å². The summed E-state index contributed by atoms with van der Waals surface area (Å²) < 4.78 is 13.1. The lowest BCUT2D eigenvalue weighted by atomic mass is 10.1. The third-order valence-corrected chi connectivity index (χ3v) is 3.70. The highest BCUT2D eigenvalue weighted by Gasteiger charge is 2.50. The Morgan fingerprint density at radius 1 is 1.45 bits per heavy atom. The molecule has 3 rings (SSSR count). The molecule has 1 aromatic heterocycles. The zero-order chi connectivity index (χ0) is 15.9. The van der Waals surface area contributed by atoms with E-state index in [1.165, 1.54) is 16.8 Å². The van der Waals surface area contributed by atoms with Crippen molar-refractivity contribution >= 4 is 0 Å². The van der Waals surface area contributed by atoms with Gasteiger partial charge >= 0.3 is 5.69 Å². The zero-order valence-corrected chi connectivity index (χ0v) is 12.1. The highest BCUT2D eigenvalue weighted by atomic mass is 16.8. The molecule has 9 nitrogen and oxygen atoms in total. The summed E-state index contributed by atoms with van der Waals surface area (Å²) in [5.74, 6) is -0.796. The quantitative estimate of drug-likeness (QED) is 0.385. The SMILES string of the molecule is CC1(C)OC2[C@H](n3ccc(=O)[nH]c3=O)C=C(CN=[N+]=[N-])[C@@H]2O1. The van der Waals surface area contributed by atoms with E-state index in [0.29, 0.717) is 0 Å². The molecule has 0 amide bonds. The van der Waals surface area contributed by atoms with E-state index in [1.807, 2.05) is 0 Å². The molecule has 3 atom stereocenters. The number of fused-ring (bicyclic) bond motifs is 1. The molecule has 0 spiro atoms. The summed E-state index contributed by atoms with van der Waals surface area (Å²) in [5.41, 5.74) is 8.27. The van der Waals surface area contributed by atoms with Crippen molar-refractivity contribution in [1.82, 2.24) is 9.55 Å². The monoisotopic (exact) mass is 305 g/mol. The fraction of sp³-hybridized carbons (Fsp3) is 0.538. The summed E-state index contributed by atoms with van der Waals surface area (Å²) in [6.45, 7) is 3.71. The molecule has 116 valence electrons. The van der Waals surface area contributed by atoms with Crippen molar-refractivity contribution in [2.24, 2.45) is 5.11 Å². The molecule has 1 aliphatic heterocycles. The first-order chi connectivity index (χ1) is 10.4. The van der Waals surface area contributed by atoms with Crippen molar-refractivity contribution in [3.8, 4) is 0 Å². The van der Waals surface area contributed by atoms with Crippen molar-refractivity contribution in [2.45, 2.75) is 37.9 Å². The van der Waals surface area contributed by atoms with Crippen molar-refractivity contribution in [3.63, 3.8) is 0 Å². The van der Waals surface area contributed by atoms with Gasteiger partial charge in [0.05, 0.1) is 6.04 Å². The Bertz CT molecular complexity index is 786. The highest BCUT2D eigenvalue weighted by Crippen LogP contribution is 2.42. The molecule has 9 heteroatoms. The zero-order valence-electron chi connectivity index (χ0n) is 12.1. The maximum absolute atomic E-state index is 12.0. The largest absolute Gasteiger partial charge is 0.342 e. The van der Waals surface area contributed by atoms with Gasteiger partial charge in [-0.15, -0.1) is 0 Å². The maximum Gasteiger partial charge on any atom is 0.328 e. The lowest BCUT2D eigenvalue weighted by Gasteiger charge is -2.21. The number of H-pyrrole nitrogens is 1. The summed E-state index contributed by atoms with van der Waals surface area (Å²) in [5, 5.41) is 3.56. The molecule has 1 unspecified atom stereocenters. The van der Waals surface area contributed by atoms with Crippen LogP contribution in [0, 0.1) is 0 Å². The van der Waals surface area contributed by atoms with Gasteiger partial charge in [-0.05, 0) is 25.0 Å². The van der Waals surface area contributed by atoms with Crippen molar-refractivity contribution in [2.75, 3.05) is 6.54 Å². The highest BCUT2D eigenvalue weighted by molar-refractivity contribution is 5.27. The predicted octanol–water partition coefficient (Wildman–Crippen LogP) is 0.848. The predicted molar refractivity (Wildman–Crippen MR) is 76.3 cm³/mol. The van der Waals surface area contributed by atoms with Gasteiger partial charge in [0.1, 0.15) is 12.2 Å². The molecule has 0 bridgehead atoms. The molecular formula is C13H15N5O4. The van der Waals surface area contributed by atoms with Crippen LogP contribution >= 0.6 is 0 Å². The fourth-order valence-corrected chi connectivity index (χ4v) is 2.89. The van der Waals surface area contributed by atoms with Gasteiger partial charge in [0, 0.05) is 23.7 Å². The molecule has 0 aromatic carbocycles. The molecule has 0 saturated carbocycles. The maximum atomic E-state index is 12.0. The summed E-state index contributed by atoms with van der Waals surface area (Å²) in [4.78, 5) is 28.2. The summed E-state index contributed by atoms with van der Waals surface area (Å²) in [7, 11) is 0. The molecule has 2 aliphatic rings. The molecule has 1 fully saturated rings. The van der Waals surface area contributed by atoms with E-state index in [-0.39, 0.29) is 12.6 Å². The van der Waals surface area contributed by atoms with Crippen LogP contribution in [0.2, 0.25) is 0 Å². The van der Waals surface area contributed by atoms with Gasteiger partial charge in [-0.2, -0.15) is 0 Å². The van der Waals surface area contributed by atoms with Crippen LogP contribution in [0.4, 0.5) is 0 Å². The van der Waals surface area contributed by atoms with Crippen LogP contribution < -0.4 is 11.2 Å². The van der Waals surface area contributed by atoms with Crippen LogP contribution in [0.5, 0.6) is 0 Å². The lowest BCUT2D eigenvalue weighted by Crippen LogP contribution is -2.37. The first kappa shape index (κ1) is 14.6. The minimum Gasteiger partial charge on any atom is -0.342 e. The number of azide groups is 1. The topological polar surface area (TPSA) is 122 Å². The Labute approximate surface area is 124 Å². The second-order valence-corrected chi connectivity index (χ2v) is 5.66. The Hall–Kier alpha value is -2.35. The van der Waals surface area contributed by atoms with E-state index >= 15 is 0 Å².